The number of carbonyl (C=O) groups excluding carboxylic acids is 2. The summed E-state index contributed by atoms with van der Waals surface area (Å²) in [5.74, 6) is 0.409. The van der Waals surface area contributed by atoms with Gasteiger partial charge in [-0.3, -0.25) is 10.1 Å². The summed E-state index contributed by atoms with van der Waals surface area (Å²) in [5.41, 5.74) is 2.54. The molecule has 0 fully saturated rings. The number of aryl methyl sites for hydroxylation is 1. The first-order valence-corrected chi connectivity index (χ1v) is 10.9. The molecule has 0 unspecified atom stereocenters. The van der Waals surface area contributed by atoms with Gasteiger partial charge in [-0.1, -0.05) is 41.9 Å². The van der Waals surface area contributed by atoms with Gasteiger partial charge in [-0.2, -0.15) is 0 Å². The van der Waals surface area contributed by atoms with Crippen LogP contribution in [0.2, 0.25) is 5.02 Å². The van der Waals surface area contributed by atoms with Crippen LogP contribution < -0.4 is 15.4 Å². The van der Waals surface area contributed by atoms with Crippen molar-refractivity contribution in [3.8, 4) is 5.75 Å². The Hall–Kier alpha value is -3.51. The summed E-state index contributed by atoms with van der Waals surface area (Å²) in [6.07, 6.45) is -0.611. The fourth-order valence-electron chi connectivity index (χ4n) is 3.03. The van der Waals surface area contributed by atoms with Crippen molar-refractivity contribution >= 4 is 35.0 Å². The fourth-order valence-corrected chi connectivity index (χ4v) is 3.23. The molecule has 0 heterocycles. The molecule has 33 heavy (non-hydrogen) atoms. The minimum atomic E-state index is -0.632. The first kappa shape index (κ1) is 24.1. The van der Waals surface area contributed by atoms with Crippen LogP contribution in [0.3, 0.4) is 0 Å². The van der Waals surface area contributed by atoms with Gasteiger partial charge >= 0.3 is 6.09 Å². The molecule has 3 aromatic carbocycles. The van der Waals surface area contributed by atoms with Crippen LogP contribution in [-0.4, -0.2) is 17.6 Å². The second-order valence-corrected chi connectivity index (χ2v) is 8.93. The largest absolute Gasteiger partial charge is 0.489 e. The van der Waals surface area contributed by atoms with E-state index in [1.54, 1.807) is 32.9 Å². The van der Waals surface area contributed by atoms with Crippen LogP contribution in [-0.2, 0) is 11.3 Å². The third-order valence-corrected chi connectivity index (χ3v) is 4.87. The van der Waals surface area contributed by atoms with Gasteiger partial charge in [0.15, 0.2) is 0 Å². The van der Waals surface area contributed by atoms with Crippen molar-refractivity contribution < 1.29 is 19.1 Å². The van der Waals surface area contributed by atoms with Gasteiger partial charge in [0.2, 0.25) is 0 Å². The monoisotopic (exact) mass is 466 g/mol. The van der Waals surface area contributed by atoms with Gasteiger partial charge in [-0.25, -0.2) is 4.79 Å². The Bertz CT molecular complexity index is 1140. The van der Waals surface area contributed by atoms with E-state index in [0.29, 0.717) is 18.0 Å². The molecular formula is C26H27ClN2O4. The van der Waals surface area contributed by atoms with Crippen molar-refractivity contribution in [3.63, 3.8) is 0 Å². The molecule has 0 spiro atoms. The van der Waals surface area contributed by atoms with Gasteiger partial charge in [-0.15, -0.1) is 0 Å². The molecule has 0 aliphatic carbocycles. The van der Waals surface area contributed by atoms with E-state index in [2.05, 4.69) is 10.6 Å². The molecule has 6 nitrogen and oxygen atoms in total. The van der Waals surface area contributed by atoms with Gasteiger partial charge in [0.1, 0.15) is 18.0 Å². The molecule has 0 saturated carbocycles. The lowest BCUT2D eigenvalue weighted by atomic mass is 10.1. The number of benzene rings is 3. The lowest BCUT2D eigenvalue weighted by Crippen LogP contribution is -2.27. The molecule has 2 N–H and O–H groups in total. The van der Waals surface area contributed by atoms with Crippen LogP contribution in [0, 0.1) is 6.92 Å². The SMILES string of the molecule is Cc1cc(COc2ccccc2)ccc1NC(=O)c1cc(NC(=O)OC(C)(C)C)ccc1Cl. The second-order valence-electron chi connectivity index (χ2n) is 8.53. The van der Waals surface area contributed by atoms with E-state index in [1.807, 2.05) is 55.5 Å². The molecule has 0 aliphatic heterocycles. The quantitative estimate of drug-likeness (QED) is 0.417. The Balaban J connectivity index is 1.67. The summed E-state index contributed by atoms with van der Waals surface area (Å²) < 4.78 is 11.0. The molecular weight excluding hydrogens is 440 g/mol. The smallest absolute Gasteiger partial charge is 0.412 e. The first-order valence-electron chi connectivity index (χ1n) is 10.5. The number of hydrogen-bond acceptors (Lipinski definition) is 4. The van der Waals surface area contributed by atoms with Gasteiger partial charge in [0.05, 0.1) is 10.6 Å². The number of carbonyl (C=O) groups is 2. The summed E-state index contributed by atoms with van der Waals surface area (Å²) in [6.45, 7) is 7.64. The Morgan fingerprint density at radius 3 is 2.33 bits per heavy atom. The third-order valence-electron chi connectivity index (χ3n) is 4.54. The summed E-state index contributed by atoms with van der Waals surface area (Å²) >= 11 is 6.24. The number of anilines is 2. The lowest BCUT2D eigenvalue weighted by molar-refractivity contribution is 0.0635. The summed E-state index contributed by atoms with van der Waals surface area (Å²) in [4.78, 5) is 24.9. The zero-order valence-electron chi connectivity index (χ0n) is 19.1. The van der Waals surface area contributed by atoms with Crippen molar-refractivity contribution in [2.45, 2.75) is 39.9 Å². The minimum absolute atomic E-state index is 0.237. The maximum absolute atomic E-state index is 12.9. The summed E-state index contributed by atoms with van der Waals surface area (Å²) in [6, 6.07) is 19.9. The van der Waals surface area contributed by atoms with E-state index >= 15 is 0 Å². The van der Waals surface area contributed by atoms with Crippen molar-refractivity contribution in [1.82, 2.24) is 0 Å². The predicted molar refractivity (Wildman–Crippen MR) is 131 cm³/mol. The van der Waals surface area contributed by atoms with Gasteiger partial charge < -0.3 is 14.8 Å². The van der Waals surface area contributed by atoms with Gasteiger partial charge in [0, 0.05) is 11.4 Å². The Kier molecular flexibility index (Phi) is 7.61. The molecule has 172 valence electrons. The molecule has 0 radical (unpaired) electrons. The molecule has 0 bridgehead atoms. The molecule has 3 aromatic rings. The van der Waals surface area contributed by atoms with Crippen LogP contribution >= 0.6 is 11.6 Å². The van der Waals surface area contributed by atoms with Crippen LogP contribution in [0.25, 0.3) is 0 Å². The maximum Gasteiger partial charge on any atom is 0.412 e. The van der Waals surface area contributed by atoms with E-state index in [1.165, 1.54) is 6.07 Å². The number of hydrogen-bond donors (Lipinski definition) is 2. The van der Waals surface area contributed by atoms with Gasteiger partial charge in [-0.05, 0) is 75.2 Å². The highest BCUT2D eigenvalue weighted by Crippen LogP contribution is 2.24. The van der Waals surface area contributed by atoms with E-state index in [4.69, 9.17) is 21.1 Å². The van der Waals surface area contributed by atoms with Crippen molar-refractivity contribution in [1.29, 1.82) is 0 Å². The average Bonchev–Trinajstić information content (AvgIpc) is 2.74. The second kappa shape index (κ2) is 10.4. The van der Waals surface area contributed by atoms with E-state index in [-0.39, 0.29) is 16.5 Å². The number of nitrogens with one attached hydrogen (secondary N) is 2. The number of amides is 2. The van der Waals surface area contributed by atoms with Crippen molar-refractivity contribution in [2.75, 3.05) is 10.6 Å². The zero-order chi connectivity index (χ0) is 24.0. The average molecular weight is 467 g/mol. The van der Waals surface area contributed by atoms with Crippen LogP contribution in [0.5, 0.6) is 5.75 Å². The van der Waals surface area contributed by atoms with E-state index in [9.17, 15) is 9.59 Å². The highest BCUT2D eigenvalue weighted by molar-refractivity contribution is 6.34. The zero-order valence-corrected chi connectivity index (χ0v) is 19.8. The number of rotatable bonds is 6. The summed E-state index contributed by atoms with van der Waals surface area (Å²) in [7, 11) is 0. The van der Waals surface area contributed by atoms with Crippen LogP contribution in [0.15, 0.2) is 66.7 Å². The van der Waals surface area contributed by atoms with Crippen LogP contribution in [0.4, 0.5) is 16.2 Å². The van der Waals surface area contributed by atoms with Gasteiger partial charge in [0.25, 0.3) is 5.91 Å². The highest BCUT2D eigenvalue weighted by atomic mass is 35.5. The Labute approximate surface area is 198 Å². The normalized spacial score (nSPS) is 10.9. The highest BCUT2D eigenvalue weighted by Gasteiger charge is 2.18. The molecule has 7 heteroatoms. The number of halogens is 1. The number of ether oxygens (including phenoxy) is 2. The molecule has 0 aromatic heterocycles. The molecule has 0 saturated heterocycles. The van der Waals surface area contributed by atoms with E-state index in [0.717, 1.165) is 16.9 Å². The topological polar surface area (TPSA) is 76.7 Å². The molecule has 2 amide bonds. The third kappa shape index (κ3) is 7.26. The Morgan fingerprint density at radius 1 is 0.939 bits per heavy atom. The lowest BCUT2D eigenvalue weighted by Gasteiger charge is -2.20. The fraction of sp³-hybridized carbons (Fsp3) is 0.231. The standard InChI is InChI=1S/C26H27ClN2O4/c1-17-14-18(16-32-20-8-6-5-7-9-20)10-13-23(17)29-24(30)21-15-19(11-12-22(21)27)28-25(31)33-26(2,3)4/h5-15H,16H2,1-4H3,(H,28,31)(H,29,30). The molecule has 0 aliphatic rings. The maximum atomic E-state index is 12.9. The van der Waals surface area contributed by atoms with Crippen molar-refractivity contribution in [2.24, 2.45) is 0 Å². The first-order chi connectivity index (χ1) is 15.6. The molecule has 0 atom stereocenters. The summed E-state index contributed by atoms with van der Waals surface area (Å²) in [5, 5.41) is 5.77. The van der Waals surface area contributed by atoms with Crippen molar-refractivity contribution in [3.05, 3.63) is 88.4 Å². The van der Waals surface area contributed by atoms with Crippen LogP contribution in [0.1, 0.15) is 42.3 Å². The minimum Gasteiger partial charge on any atom is -0.489 e. The number of para-hydroxylation sites is 1. The Morgan fingerprint density at radius 2 is 1.67 bits per heavy atom. The van der Waals surface area contributed by atoms with E-state index < -0.39 is 11.7 Å². The predicted octanol–water partition coefficient (Wildman–Crippen LogP) is 6.83. The molecule has 3 rings (SSSR count).